The highest BCUT2D eigenvalue weighted by Crippen LogP contribution is 2.44. The molecule has 0 saturated heterocycles. The lowest BCUT2D eigenvalue weighted by Gasteiger charge is -2.19. The molecule has 0 unspecified atom stereocenters. The maximum absolute atomic E-state index is 6.31. The number of halogens is 1. The van der Waals surface area contributed by atoms with Crippen molar-refractivity contribution in [1.82, 2.24) is 0 Å². The SMILES string of the molecule is Clc1ccc(-[n+]2cc(-c3ccccc3)c(-c3ccccc3)c(-c3ccccc3)c2-c2ccccc2)cc1. The predicted octanol–water partition coefficient (Wildman–Crippen LogP) is 9.28. The van der Waals surface area contributed by atoms with Crippen molar-refractivity contribution in [2.75, 3.05) is 0 Å². The Morgan fingerprint density at radius 2 is 0.838 bits per heavy atom. The van der Waals surface area contributed by atoms with Crippen LogP contribution in [0.4, 0.5) is 0 Å². The van der Waals surface area contributed by atoms with E-state index in [1.54, 1.807) is 0 Å². The van der Waals surface area contributed by atoms with E-state index in [0.29, 0.717) is 0 Å². The minimum Gasteiger partial charge on any atom is -0.159 e. The van der Waals surface area contributed by atoms with E-state index in [4.69, 9.17) is 11.6 Å². The minimum atomic E-state index is 0.720. The van der Waals surface area contributed by atoms with Crippen molar-refractivity contribution < 1.29 is 4.57 Å². The maximum Gasteiger partial charge on any atom is 0.226 e. The van der Waals surface area contributed by atoms with E-state index in [9.17, 15) is 0 Å². The standard InChI is InChI=1S/C35H25ClN/c36-30-21-23-31(24-22-30)37-25-32(26-13-5-1-6-14-26)33(27-15-7-2-8-16-27)34(28-17-9-3-10-18-28)35(37)29-19-11-4-12-20-29/h1-25H/q+1. The van der Waals surface area contributed by atoms with Crippen molar-refractivity contribution in [1.29, 1.82) is 0 Å². The molecule has 37 heavy (non-hydrogen) atoms. The average molecular weight is 495 g/mol. The highest BCUT2D eigenvalue weighted by molar-refractivity contribution is 6.30. The first-order valence-corrected chi connectivity index (χ1v) is 12.8. The lowest BCUT2D eigenvalue weighted by molar-refractivity contribution is -0.582. The summed E-state index contributed by atoms with van der Waals surface area (Å²) in [6.07, 6.45) is 2.27. The van der Waals surface area contributed by atoms with Crippen molar-refractivity contribution in [3.8, 4) is 50.3 Å². The number of rotatable bonds is 5. The third-order valence-electron chi connectivity index (χ3n) is 6.62. The first-order chi connectivity index (χ1) is 18.3. The summed E-state index contributed by atoms with van der Waals surface area (Å²) < 4.78 is 2.31. The summed E-state index contributed by atoms with van der Waals surface area (Å²) in [5, 5.41) is 0.720. The number of benzene rings is 5. The van der Waals surface area contributed by atoms with E-state index in [-0.39, 0.29) is 0 Å². The Morgan fingerprint density at radius 3 is 1.35 bits per heavy atom. The second-order valence-electron chi connectivity index (χ2n) is 8.95. The lowest BCUT2D eigenvalue weighted by Crippen LogP contribution is -2.34. The topological polar surface area (TPSA) is 3.88 Å². The Labute approximate surface area is 222 Å². The maximum atomic E-state index is 6.31. The van der Waals surface area contributed by atoms with E-state index in [2.05, 4.69) is 144 Å². The number of pyridine rings is 1. The van der Waals surface area contributed by atoms with Crippen LogP contribution in [0.2, 0.25) is 5.02 Å². The van der Waals surface area contributed by atoms with E-state index >= 15 is 0 Å². The van der Waals surface area contributed by atoms with Crippen LogP contribution >= 0.6 is 11.6 Å². The summed E-state index contributed by atoms with van der Waals surface area (Å²) in [4.78, 5) is 0. The summed E-state index contributed by atoms with van der Waals surface area (Å²) in [5.41, 5.74) is 10.4. The van der Waals surface area contributed by atoms with Crippen LogP contribution in [0, 0.1) is 0 Å². The molecule has 6 rings (SSSR count). The molecule has 0 N–H and O–H groups in total. The second kappa shape index (κ2) is 10.3. The molecule has 0 atom stereocenters. The third kappa shape index (κ3) is 4.58. The molecule has 0 aliphatic heterocycles. The van der Waals surface area contributed by atoms with Gasteiger partial charge in [0.1, 0.15) is 0 Å². The molecule has 1 aromatic heterocycles. The van der Waals surface area contributed by atoms with Crippen molar-refractivity contribution in [3.05, 3.63) is 157 Å². The van der Waals surface area contributed by atoms with Crippen molar-refractivity contribution in [2.24, 2.45) is 0 Å². The number of nitrogens with zero attached hydrogens (tertiary/aromatic N) is 1. The molecule has 176 valence electrons. The van der Waals surface area contributed by atoms with Gasteiger partial charge in [-0.15, -0.1) is 0 Å². The molecule has 1 nitrogen and oxygen atoms in total. The number of hydrogen-bond acceptors (Lipinski definition) is 0. The van der Waals surface area contributed by atoms with E-state index in [1.807, 2.05) is 12.1 Å². The average Bonchev–Trinajstić information content (AvgIpc) is 2.98. The Bertz CT molecular complexity index is 1630. The first-order valence-electron chi connectivity index (χ1n) is 12.4. The van der Waals surface area contributed by atoms with Gasteiger partial charge in [-0.3, -0.25) is 0 Å². The lowest BCUT2D eigenvalue weighted by atomic mass is 9.85. The smallest absolute Gasteiger partial charge is 0.159 e. The van der Waals surface area contributed by atoms with Crippen LogP contribution in [-0.4, -0.2) is 0 Å². The molecule has 0 bridgehead atoms. The van der Waals surface area contributed by atoms with Crippen molar-refractivity contribution >= 4 is 11.6 Å². The van der Waals surface area contributed by atoms with Gasteiger partial charge in [-0.1, -0.05) is 121 Å². The summed E-state index contributed by atoms with van der Waals surface area (Å²) >= 11 is 6.31. The van der Waals surface area contributed by atoms with Gasteiger partial charge in [-0.05, 0) is 41.0 Å². The molecule has 0 saturated carbocycles. The molecule has 1 heterocycles. The van der Waals surface area contributed by atoms with Crippen LogP contribution in [0.15, 0.2) is 152 Å². The zero-order chi connectivity index (χ0) is 25.0. The predicted molar refractivity (Wildman–Crippen MR) is 155 cm³/mol. The van der Waals surface area contributed by atoms with E-state index in [1.165, 1.54) is 33.4 Å². The quantitative estimate of drug-likeness (QED) is 0.210. The van der Waals surface area contributed by atoms with Crippen LogP contribution in [0.1, 0.15) is 0 Å². The van der Waals surface area contributed by atoms with Crippen LogP contribution < -0.4 is 4.57 Å². The molecule has 2 heteroatoms. The summed E-state index contributed by atoms with van der Waals surface area (Å²) in [7, 11) is 0. The van der Waals surface area contributed by atoms with Gasteiger partial charge in [-0.2, -0.15) is 4.57 Å². The van der Waals surface area contributed by atoms with E-state index in [0.717, 1.165) is 22.0 Å². The van der Waals surface area contributed by atoms with Gasteiger partial charge in [0.15, 0.2) is 6.20 Å². The molecular weight excluding hydrogens is 470 g/mol. The van der Waals surface area contributed by atoms with Crippen LogP contribution in [0.25, 0.3) is 50.3 Å². The molecule has 0 radical (unpaired) electrons. The van der Waals surface area contributed by atoms with Crippen LogP contribution in [-0.2, 0) is 0 Å². The summed E-state index contributed by atoms with van der Waals surface area (Å²) in [5.74, 6) is 0. The molecule has 0 fully saturated rings. The van der Waals surface area contributed by atoms with Gasteiger partial charge in [0.05, 0.1) is 11.1 Å². The normalized spacial score (nSPS) is 10.8. The van der Waals surface area contributed by atoms with E-state index < -0.39 is 0 Å². The van der Waals surface area contributed by atoms with Crippen LogP contribution in [0.5, 0.6) is 0 Å². The molecule has 0 aliphatic carbocycles. The second-order valence-corrected chi connectivity index (χ2v) is 9.39. The Morgan fingerprint density at radius 1 is 0.405 bits per heavy atom. The molecule has 5 aromatic carbocycles. The Kier molecular flexibility index (Phi) is 6.37. The van der Waals surface area contributed by atoms with Gasteiger partial charge in [0, 0.05) is 28.3 Å². The number of hydrogen-bond donors (Lipinski definition) is 0. The first kappa shape index (κ1) is 23.0. The Hall–Kier alpha value is -4.46. The zero-order valence-electron chi connectivity index (χ0n) is 20.3. The fourth-order valence-electron chi connectivity index (χ4n) is 4.94. The van der Waals surface area contributed by atoms with Gasteiger partial charge >= 0.3 is 0 Å². The highest BCUT2D eigenvalue weighted by atomic mass is 35.5. The monoisotopic (exact) mass is 494 g/mol. The fourth-order valence-corrected chi connectivity index (χ4v) is 5.07. The summed E-state index contributed by atoms with van der Waals surface area (Å²) in [6, 6.07) is 50.8. The van der Waals surface area contributed by atoms with Crippen molar-refractivity contribution in [2.45, 2.75) is 0 Å². The van der Waals surface area contributed by atoms with Crippen molar-refractivity contribution in [3.63, 3.8) is 0 Å². The molecule has 0 amide bonds. The zero-order valence-corrected chi connectivity index (χ0v) is 21.0. The summed E-state index contributed by atoms with van der Waals surface area (Å²) in [6.45, 7) is 0. The van der Waals surface area contributed by atoms with Gasteiger partial charge in [0.25, 0.3) is 0 Å². The molecule has 0 spiro atoms. The molecule has 6 aromatic rings. The molecule has 0 aliphatic rings. The fraction of sp³-hybridized carbons (Fsp3) is 0. The largest absolute Gasteiger partial charge is 0.226 e. The highest BCUT2D eigenvalue weighted by Gasteiger charge is 2.29. The molecular formula is C35H25ClN+. The van der Waals surface area contributed by atoms with Crippen LogP contribution in [0.3, 0.4) is 0 Å². The van der Waals surface area contributed by atoms with Gasteiger partial charge in [0.2, 0.25) is 11.4 Å². The third-order valence-corrected chi connectivity index (χ3v) is 6.87. The van der Waals surface area contributed by atoms with Gasteiger partial charge < -0.3 is 0 Å². The Balaban J connectivity index is 1.83. The van der Waals surface area contributed by atoms with Gasteiger partial charge in [-0.25, -0.2) is 0 Å². The minimum absolute atomic E-state index is 0.720. The number of aromatic nitrogens is 1.